The van der Waals surface area contributed by atoms with Crippen LogP contribution in [-0.2, 0) is 17.1 Å². The van der Waals surface area contributed by atoms with Crippen LogP contribution in [0.2, 0.25) is 0 Å². The molecule has 179 valence electrons. The molecule has 0 saturated carbocycles. The van der Waals surface area contributed by atoms with Crippen molar-refractivity contribution in [3.8, 4) is 11.4 Å². The van der Waals surface area contributed by atoms with Gasteiger partial charge in [-0.05, 0) is 97.1 Å². The van der Waals surface area contributed by atoms with Crippen LogP contribution in [0.25, 0.3) is 57.8 Å². The molecule has 5 aromatic heterocycles. The standard InChI is InChI=1S/C20H14N4.C10H8N2.Mn/c1-2-14-10-16-5-6-18(23-16)12-20-8-7-19(24-20)11-17-4-3-15(22-17)9-13(1)21-14;1-3-7-11-9(5-1)10-6-2-4-8-12-10;/h1-12,21-22H;1-8H;. The van der Waals surface area contributed by atoms with E-state index in [9.17, 15) is 0 Å². The summed E-state index contributed by atoms with van der Waals surface area (Å²) in [7, 11) is 0. The van der Waals surface area contributed by atoms with Crippen LogP contribution in [0, 0.1) is 0 Å². The van der Waals surface area contributed by atoms with Crippen molar-refractivity contribution in [1.82, 2.24) is 29.9 Å². The maximum atomic E-state index is 4.62. The molecule has 0 amide bonds. The van der Waals surface area contributed by atoms with Gasteiger partial charge in [0.1, 0.15) is 0 Å². The molecule has 2 aliphatic heterocycles. The monoisotopic (exact) mass is 521 g/mol. The molecule has 0 atom stereocenters. The van der Waals surface area contributed by atoms with Crippen LogP contribution in [0.15, 0.2) is 97.3 Å². The molecule has 1 radical (unpaired) electrons. The summed E-state index contributed by atoms with van der Waals surface area (Å²) in [5.74, 6) is 0. The van der Waals surface area contributed by atoms with Crippen molar-refractivity contribution < 1.29 is 17.1 Å². The Hall–Kier alpha value is -4.58. The first-order valence-electron chi connectivity index (χ1n) is 11.6. The maximum absolute atomic E-state index is 4.62. The molecule has 8 bridgehead atoms. The number of aromatic amines is 2. The number of pyridine rings is 2. The van der Waals surface area contributed by atoms with Crippen LogP contribution in [-0.4, -0.2) is 29.9 Å². The van der Waals surface area contributed by atoms with E-state index in [-0.39, 0.29) is 17.1 Å². The SMILES string of the molecule is C1=Cc2cc3ccc(cc4ccc(cc5nc(cc1n2)C=C5)[nH]4)[nH]3.[Mn].c1ccc(-c2ccccn2)nc1. The van der Waals surface area contributed by atoms with E-state index in [1.165, 1.54) is 0 Å². The van der Waals surface area contributed by atoms with Crippen molar-refractivity contribution >= 4 is 46.4 Å². The fourth-order valence-electron chi connectivity index (χ4n) is 3.97. The molecule has 0 fully saturated rings. The molecule has 2 aliphatic rings. The van der Waals surface area contributed by atoms with Gasteiger partial charge in [-0.15, -0.1) is 0 Å². The summed E-state index contributed by atoms with van der Waals surface area (Å²) in [4.78, 5) is 24.4. The normalized spacial score (nSPS) is 11.4. The van der Waals surface area contributed by atoms with Gasteiger partial charge in [0, 0.05) is 51.5 Å². The summed E-state index contributed by atoms with van der Waals surface area (Å²) in [6, 6.07) is 28.0. The minimum absolute atomic E-state index is 0. The van der Waals surface area contributed by atoms with Gasteiger partial charge in [0.2, 0.25) is 0 Å². The number of H-pyrrole nitrogens is 2. The van der Waals surface area contributed by atoms with E-state index in [2.05, 4.69) is 60.2 Å². The predicted octanol–water partition coefficient (Wildman–Crippen LogP) is 6.80. The smallest absolute Gasteiger partial charge is 0.0886 e. The molecular weight excluding hydrogens is 499 g/mol. The molecule has 0 aromatic carbocycles. The Labute approximate surface area is 224 Å². The van der Waals surface area contributed by atoms with E-state index < -0.39 is 0 Å². The van der Waals surface area contributed by atoms with Crippen molar-refractivity contribution in [1.29, 1.82) is 0 Å². The number of nitrogens with one attached hydrogen (secondary N) is 2. The van der Waals surface area contributed by atoms with Gasteiger partial charge in [-0.1, -0.05) is 12.1 Å². The van der Waals surface area contributed by atoms with Gasteiger partial charge < -0.3 is 9.97 Å². The first-order chi connectivity index (χ1) is 17.8. The number of fused-ring (bicyclic) bond motifs is 8. The first-order valence-corrected chi connectivity index (χ1v) is 11.6. The predicted molar refractivity (Wildman–Crippen MR) is 146 cm³/mol. The van der Waals surface area contributed by atoms with Gasteiger partial charge >= 0.3 is 0 Å². The van der Waals surface area contributed by atoms with E-state index in [0.29, 0.717) is 0 Å². The molecule has 0 aliphatic carbocycles. The number of aromatic nitrogens is 6. The van der Waals surface area contributed by atoms with Crippen LogP contribution in [0.1, 0.15) is 22.8 Å². The molecule has 7 heterocycles. The van der Waals surface area contributed by atoms with Gasteiger partial charge in [0.15, 0.2) is 0 Å². The average Bonchev–Trinajstić information content (AvgIpc) is 3.72. The van der Waals surface area contributed by atoms with Crippen LogP contribution in [0.3, 0.4) is 0 Å². The van der Waals surface area contributed by atoms with Crippen LogP contribution < -0.4 is 0 Å². The van der Waals surface area contributed by atoms with Gasteiger partial charge in [0.25, 0.3) is 0 Å². The molecule has 7 heteroatoms. The maximum Gasteiger partial charge on any atom is 0.0886 e. The second-order valence-electron chi connectivity index (χ2n) is 8.34. The van der Waals surface area contributed by atoms with Crippen LogP contribution in [0.5, 0.6) is 0 Å². The summed E-state index contributed by atoms with van der Waals surface area (Å²) in [5, 5.41) is 0. The Morgan fingerprint density at radius 2 is 0.838 bits per heavy atom. The Balaban J connectivity index is 0.000000183. The zero-order chi connectivity index (χ0) is 24.2. The molecule has 0 spiro atoms. The summed E-state index contributed by atoms with van der Waals surface area (Å²) in [6.45, 7) is 0. The van der Waals surface area contributed by atoms with Crippen molar-refractivity contribution in [2.24, 2.45) is 0 Å². The number of hydrogen-bond donors (Lipinski definition) is 2. The zero-order valence-electron chi connectivity index (χ0n) is 19.7. The largest absolute Gasteiger partial charge is 0.355 e. The molecule has 2 N–H and O–H groups in total. The third-order valence-corrected chi connectivity index (χ3v) is 5.63. The van der Waals surface area contributed by atoms with Gasteiger partial charge in [-0.3, -0.25) is 9.97 Å². The van der Waals surface area contributed by atoms with Gasteiger partial charge in [-0.25, -0.2) is 9.97 Å². The number of hydrogen-bond acceptors (Lipinski definition) is 4. The fourth-order valence-corrected chi connectivity index (χ4v) is 3.97. The summed E-state index contributed by atoms with van der Waals surface area (Å²) < 4.78 is 0. The minimum atomic E-state index is 0. The third kappa shape index (κ3) is 5.98. The van der Waals surface area contributed by atoms with Crippen molar-refractivity contribution in [2.45, 2.75) is 0 Å². The van der Waals surface area contributed by atoms with E-state index in [4.69, 9.17) is 0 Å². The first kappa shape index (κ1) is 24.1. The molecule has 37 heavy (non-hydrogen) atoms. The average molecular weight is 521 g/mol. The summed E-state index contributed by atoms with van der Waals surface area (Å²) in [6.07, 6.45) is 11.6. The Morgan fingerprint density at radius 3 is 1.24 bits per heavy atom. The second-order valence-corrected chi connectivity index (χ2v) is 8.34. The summed E-state index contributed by atoms with van der Waals surface area (Å²) >= 11 is 0. The van der Waals surface area contributed by atoms with E-state index in [1.807, 2.05) is 78.9 Å². The van der Waals surface area contributed by atoms with Crippen LogP contribution in [0.4, 0.5) is 0 Å². The fraction of sp³-hybridized carbons (Fsp3) is 0. The van der Waals surface area contributed by atoms with Crippen molar-refractivity contribution in [3.63, 3.8) is 0 Å². The molecule has 7 rings (SSSR count). The van der Waals surface area contributed by atoms with Gasteiger partial charge in [0.05, 0.1) is 34.2 Å². The Bertz CT molecular complexity index is 1610. The minimum Gasteiger partial charge on any atom is -0.355 e. The van der Waals surface area contributed by atoms with E-state index >= 15 is 0 Å². The zero-order valence-corrected chi connectivity index (χ0v) is 20.9. The molecule has 0 saturated heterocycles. The second kappa shape index (κ2) is 11.0. The Morgan fingerprint density at radius 1 is 0.432 bits per heavy atom. The van der Waals surface area contributed by atoms with E-state index in [0.717, 1.165) is 56.2 Å². The Kier molecular flexibility index (Phi) is 7.17. The topological polar surface area (TPSA) is 83.1 Å². The van der Waals surface area contributed by atoms with Gasteiger partial charge in [-0.2, -0.15) is 0 Å². The molecule has 0 unspecified atom stereocenters. The van der Waals surface area contributed by atoms with Crippen molar-refractivity contribution in [2.75, 3.05) is 0 Å². The molecule has 5 aromatic rings. The third-order valence-electron chi connectivity index (χ3n) is 5.63. The summed E-state index contributed by atoms with van der Waals surface area (Å²) in [5.41, 5.74) is 9.69. The molecule has 6 nitrogen and oxygen atoms in total. The van der Waals surface area contributed by atoms with Crippen molar-refractivity contribution in [3.05, 3.63) is 120 Å². The van der Waals surface area contributed by atoms with E-state index in [1.54, 1.807) is 12.4 Å². The van der Waals surface area contributed by atoms with Crippen LogP contribution >= 0.6 is 0 Å². The quantitative estimate of drug-likeness (QED) is 0.233. The number of nitrogens with zero attached hydrogens (tertiary/aromatic N) is 4. The molecular formula is C30H22MnN6. The number of rotatable bonds is 1.